The minimum atomic E-state index is -0.228. The molecule has 0 saturated heterocycles. The first-order valence-electron chi connectivity index (χ1n) is 15.3. The zero-order valence-electron chi connectivity index (χ0n) is 24.7. The molecule has 45 heavy (non-hydrogen) atoms. The van der Waals surface area contributed by atoms with E-state index < -0.39 is 0 Å². The molecule has 1 aliphatic rings. The Labute approximate surface area is 257 Å². The highest BCUT2D eigenvalue weighted by Crippen LogP contribution is 2.53. The zero-order valence-corrected chi connectivity index (χ0v) is 24.7. The van der Waals surface area contributed by atoms with E-state index >= 15 is 0 Å². The van der Waals surface area contributed by atoms with Gasteiger partial charge in [-0.1, -0.05) is 92.7 Å². The number of benzene rings is 6. The summed E-state index contributed by atoms with van der Waals surface area (Å²) in [6, 6.07) is 41.8. The van der Waals surface area contributed by atoms with E-state index in [0.717, 1.165) is 32.7 Å². The molecular formula is C40H26N4O. The largest absolute Gasteiger partial charge is 0.279 e. The highest BCUT2D eigenvalue weighted by Gasteiger charge is 2.38. The van der Waals surface area contributed by atoms with E-state index in [2.05, 4.69) is 91.2 Å². The second-order valence-corrected chi connectivity index (χ2v) is 12.6. The van der Waals surface area contributed by atoms with Crippen LogP contribution in [0.5, 0.6) is 0 Å². The Morgan fingerprint density at radius 2 is 1.24 bits per heavy atom. The lowest BCUT2D eigenvalue weighted by Gasteiger charge is -2.23. The van der Waals surface area contributed by atoms with E-state index in [-0.39, 0.29) is 11.0 Å². The van der Waals surface area contributed by atoms with Crippen LogP contribution < -0.4 is 5.56 Å². The SMILES string of the molecule is CC1(C)c2cc3c(cc2-c2ccc4ccccc4c21)c1ccccc1n3-c1nc2ccccc2c2nc3ccccc3c(=O)n12. The smallest absolute Gasteiger partial charge is 0.268 e. The van der Waals surface area contributed by atoms with Crippen LogP contribution in [0, 0.1) is 0 Å². The van der Waals surface area contributed by atoms with Crippen LogP contribution in [0.15, 0.2) is 126 Å². The first-order chi connectivity index (χ1) is 22.0. The van der Waals surface area contributed by atoms with Gasteiger partial charge in [-0.2, -0.15) is 0 Å². The molecule has 5 nitrogen and oxygen atoms in total. The molecule has 0 N–H and O–H groups in total. The Kier molecular flexibility index (Phi) is 4.61. The summed E-state index contributed by atoms with van der Waals surface area (Å²) >= 11 is 0. The quantitative estimate of drug-likeness (QED) is 0.144. The maximum absolute atomic E-state index is 14.4. The van der Waals surface area contributed by atoms with Crippen LogP contribution in [0.2, 0.25) is 0 Å². The first kappa shape index (κ1) is 24.6. The van der Waals surface area contributed by atoms with Gasteiger partial charge in [-0.3, -0.25) is 9.36 Å². The summed E-state index contributed by atoms with van der Waals surface area (Å²) in [4.78, 5) is 24.6. The Bertz CT molecular complexity index is 2820. The van der Waals surface area contributed by atoms with Gasteiger partial charge in [-0.25, -0.2) is 14.4 Å². The summed E-state index contributed by atoms with van der Waals surface area (Å²) < 4.78 is 3.87. The molecule has 3 heterocycles. The maximum atomic E-state index is 14.4. The van der Waals surface area contributed by atoms with Crippen molar-refractivity contribution in [1.29, 1.82) is 0 Å². The number of para-hydroxylation sites is 3. The normalized spacial score (nSPS) is 13.8. The average Bonchev–Trinajstić information content (AvgIpc) is 3.51. The summed E-state index contributed by atoms with van der Waals surface area (Å²) in [5.74, 6) is 0.539. The van der Waals surface area contributed by atoms with E-state index in [0.29, 0.717) is 22.5 Å². The van der Waals surface area contributed by atoms with E-state index in [4.69, 9.17) is 9.97 Å². The third-order valence-corrected chi connectivity index (χ3v) is 9.87. The van der Waals surface area contributed by atoms with Crippen molar-refractivity contribution in [3.8, 4) is 17.1 Å². The second kappa shape index (κ2) is 8.42. The number of nitrogens with zero attached hydrogens (tertiary/aromatic N) is 4. The van der Waals surface area contributed by atoms with Crippen molar-refractivity contribution >= 4 is 60.0 Å². The molecule has 0 amide bonds. The lowest BCUT2D eigenvalue weighted by molar-refractivity contribution is 0.666. The van der Waals surface area contributed by atoms with Crippen LogP contribution in [0.1, 0.15) is 25.0 Å². The molecule has 6 aromatic carbocycles. The van der Waals surface area contributed by atoms with Crippen LogP contribution in [0.25, 0.3) is 77.1 Å². The first-order valence-corrected chi connectivity index (χ1v) is 15.3. The van der Waals surface area contributed by atoms with Crippen molar-refractivity contribution in [2.24, 2.45) is 0 Å². The second-order valence-electron chi connectivity index (χ2n) is 12.6. The molecule has 0 atom stereocenters. The minimum Gasteiger partial charge on any atom is -0.279 e. The number of hydrogen-bond acceptors (Lipinski definition) is 3. The highest BCUT2D eigenvalue weighted by molar-refractivity contribution is 6.12. The van der Waals surface area contributed by atoms with Crippen molar-refractivity contribution < 1.29 is 0 Å². The van der Waals surface area contributed by atoms with Crippen molar-refractivity contribution in [3.63, 3.8) is 0 Å². The lowest BCUT2D eigenvalue weighted by Crippen LogP contribution is -2.21. The van der Waals surface area contributed by atoms with Gasteiger partial charge in [0.25, 0.3) is 5.56 Å². The molecule has 1 aliphatic carbocycles. The van der Waals surface area contributed by atoms with Gasteiger partial charge >= 0.3 is 0 Å². The van der Waals surface area contributed by atoms with Gasteiger partial charge < -0.3 is 0 Å². The van der Waals surface area contributed by atoms with Gasteiger partial charge in [-0.05, 0) is 75.5 Å². The van der Waals surface area contributed by atoms with Crippen LogP contribution in [0.3, 0.4) is 0 Å². The highest BCUT2D eigenvalue weighted by atomic mass is 16.1. The molecule has 212 valence electrons. The molecule has 0 spiro atoms. The summed E-state index contributed by atoms with van der Waals surface area (Å²) in [6.45, 7) is 4.65. The van der Waals surface area contributed by atoms with Gasteiger partial charge in [-0.15, -0.1) is 0 Å². The van der Waals surface area contributed by atoms with E-state index in [1.54, 1.807) is 4.40 Å². The summed E-state index contributed by atoms with van der Waals surface area (Å²) in [5.41, 5.74) is 8.91. The van der Waals surface area contributed by atoms with Gasteiger partial charge in [0, 0.05) is 21.6 Å². The van der Waals surface area contributed by atoms with Crippen LogP contribution >= 0.6 is 0 Å². The standard InChI is InChI=1S/C40H26N4O/c1-40(2)31-22-35-30(21-29(31)26-20-19-23-11-3-4-12-24(23)36(26)40)25-13-7-10-18-34(25)43(35)39-42-32-16-8-5-14-27(32)37-41-33-17-9-6-15-28(33)38(45)44(37)39/h3-22H,1-2H3. The predicted octanol–water partition coefficient (Wildman–Crippen LogP) is 8.95. The van der Waals surface area contributed by atoms with E-state index in [1.165, 1.54) is 33.0 Å². The van der Waals surface area contributed by atoms with Crippen molar-refractivity contribution in [2.75, 3.05) is 0 Å². The summed E-state index contributed by atoms with van der Waals surface area (Å²) in [7, 11) is 0. The number of hydrogen-bond donors (Lipinski definition) is 0. The number of rotatable bonds is 1. The Balaban J connectivity index is 1.39. The summed E-state index contributed by atoms with van der Waals surface area (Å²) in [6.07, 6.45) is 0. The predicted molar refractivity (Wildman–Crippen MR) is 184 cm³/mol. The van der Waals surface area contributed by atoms with Crippen LogP contribution in [-0.4, -0.2) is 18.9 Å². The Morgan fingerprint density at radius 3 is 2.07 bits per heavy atom. The van der Waals surface area contributed by atoms with Crippen molar-refractivity contribution in [2.45, 2.75) is 19.3 Å². The molecule has 0 aliphatic heterocycles. The number of fused-ring (bicyclic) bond motifs is 12. The summed E-state index contributed by atoms with van der Waals surface area (Å²) in [5, 5.41) is 6.20. The van der Waals surface area contributed by atoms with Crippen LogP contribution in [0.4, 0.5) is 0 Å². The van der Waals surface area contributed by atoms with E-state index in [9.17, 15) is 4.79 Å². The molecule has 0 radical (unpaired) electrons. The minimum absolute atomic E-state index is 0.129. The molecule has 3 aromatic heterocycles. The van der Waals surface area contributed by atoms with Crippen molar-refractivity contribution in [3.05, 3.63) is 143 Å². The number of aromatic nitrogens is 4. The topological polar surface area (TPSA) is 52.2 Å². The molecule has 5 heteroatoms. The fourth-order valence-electron chi connectivity index (χ4n) is 7.84. The monoisotopic (exact) mass is 578 g/mol. The van der Waals surface area contributed by atoms with Crippen LogP contribution in [-0.2, 0) is 5.41 Å². The zero-order chi connectivity index (χ0) is 30.0. The average molecular weight is 579 g/mol. The molecule has 10 rings (SSSR count). The fraction of sp³-hybridized carbons (Fsp3) is 0.0750. The van der Waals surface area contributed by atoms with E-state index in [1.807, 2.05) is 48.5 Å². The molecule has 0 saturated carbocycles. The van der Waals surface area contributed by atoms with Gasteiger partial charge in [0.05, 0.1) is 27.5 Å². The molecule has 0 unspecified atom stereocenters. The fourth-order valence-corrected chi connectivity index (χ4v) is 7.84. The molecule has 0 bridgehead atoms. The van der Waals surface area contributed by atoms with Crippen molar-refractivity contribution in [1.82, 2.24) is 18.9 Å². The molecule has 9 aromatic rings. The third-order valence-electron chi connectivity index (χ3n) is 9.87. The maximum Gasteiger partial charge on any atom is 0.268 e. The molecule has 0 fully saturated rings. The Hall–Kier alpha value is -5.81. The Morgan fingerprint density at radius 1 is 0.578 bits per heavy atom. The van der Waals surface area contributed by atoms with Gasteiger partial charge in [0.15, 0.2) is 5.65 Å². The third kappa shape index (κ3) is 3.09. The lowest BCUT2D eigenvalue weighted by atomic mass is 9.80. The van der Waals surface area contributed by atoms with Gasteiger partial charge in [0.2, 0.25) is 5.95 Å². The van der Waals surface area contributed by atoms with Gasteiger partial charge in [0.1, 0.15) is 0 Å². The molecular weight excluding hydrogens is 552 g/mol.